The summed E-state index contributed by atoms with van der Waals surface area (Å²) in [6.07, 6.45) is 2.33. The SMILES string of the molecule is CCc1csc2c1CCNC2c1ccc(C(C)(C)C)cc1. The van der Waals surface area contributed by atoms with Crippen LogP contribution in [0.1, 0.15) is 60.9 Å². The van der Waals surface area contributed by atoms with E-state index in [0.717, 1.165) is 13.0 Å². The summed E-state index contributed by atoms with van der Waals surface area (Å²) in [4.78, 5) is 1.53. The van der Waals surface area contributed by atoms with Crippen molar-refractivity contribution in [1.29, 1.82) is 0 Å². The van der Waals surface area contributed by atoms with Gasteiger partial charge in [0.15, 0.2) is 0 Å². The molecule has 3 rings (SSSR count). The molecule has 0 radical (unpaired) electrons. The zero-order chi connectivity index (χ0) is 15.0. The van der Waals surface area contributed by atoms with E-state index in [1.807, 2.05) is 11.3 Å². The van der Waals surface area contributed by atoms with Gasteiger partial charge in [0.2, 0.25) is 0 Å². The minimum Gasteiger partial charge on any atom is -0.305 e. The third-order valence-corrected chi connectivity index (χ3v) is 5.63. The molecule has 1 aromatic heterocycles. The summed E-state index contributed by atoms with van der Waals surface area (Å²) in [6.45, 7) is 10.2. The number of hydrogen-bond donors (Lipinski definition) is 1. The largest absolute Gasteiger partial charge is 0.305 e. The summed E-state index contributed by atoms with van der Waals surface area (Å²) in [5.41, 5.74) is 6.18. The number of fused-ring (bicyclic) bond motifs is 1. The number of nitrogens with one attached hydrogen (secondary N) is 1. The Morgan fingerprint density at radius 2 is 1.90 bits per heavy atom. The Morgan fingerprint density at radius 1 is 1.19 bits per heavy atom. The van der Waals surface area contributed by atoms with Crippen LogP contribution in [0, 0.1) is 0 Å². The monoisotopic (exact) mass is 299 g/mol. The predicted molar refractivity (Wildman–Crippen MR) is 92.4 cm³/mol. The normalized spacial score (nSPS) is 18.6. The molecule has 2 aromatic rings. The van der Waals surface area contributed by atoms with Gasteiger partial charge in [-0.25, -0.2) is 0 Å². The quantitative estimate of drug-likeness (QED) is 0.836. The van der Waals surface area contributed by atoms with Crippen LogP contribution in [-0.4, -0.2) is 6.54 Å². The first-order valence-corrected chi connectivity index (χ1v) is 8.81. The van der Waals surface area contributed by atoms with Crippen LogP contribution in [0.2, 0.25) is 0 Å². The van der Waals surface area contributed by atoms with Crippen molar-refractivity contribution in [1.82, 2.24) is 5.32 Å². The predicted octanol–water partition coefficient (Wildman–Crippen LogP) is 4.84. The molecule has 2 heteroatoms. The van der Waals surface area contributed by atoms with E-state index in [9.17, 15) is 0 Å². The molecule has 1 aliphatic heterocycles. The van der Waals surface area contributed by atoms with E-state index < -0.39 is 0 Å². The number of aryl methyl sites for hydroxylation is 1. The van der Waals surface area contributed by atoms with Crippen molar-refractivity contribution < 1.29 is 0 Å². The van der Waals surface area contributed by atoms with Crippen molar-refractivity contribution in [3.8, 4) is 0 Å². The van der Waals surface area contributed by atoms with Crippen LogP contribution in [0.25, 0.3) is 0 Å². The third-order valence-electron chi connectivity index (χ3n) is 4.49. The number of thiophene rings is 1. The van der Waals surface area contributed by atoms with Crippen LogP contribution < -0.4 is 5.32 Å². The van der Waals surface area contributed by atoms with Crippen LogP contribution >= 0.6 is 11.3 Å². The first-order chi connectivity index (χ1) is 10.0. The van der Waals surface area contributed by atoms with E-state index in [1.54, 1.807) is 11.1 Å². The van der Waals surface area contributed by atoms with Crippen molar-refractivity contribution >= 4 is 11.3 Å². The zero-order valence-electron chi connectivity index (χ0n) is 13.5. The summed E-state index contributed by atoms with van der Waals surface area (Å²) >= 11 is 1.93. The molecule has 1 unspecified atom stereocenters. The van der Waals surface area contributed by atoms with E-state index in [2.05, 4.69) is 62.7 Å². The van der Waals surface area contributed by atoms with E-state index in [4.69, 9.17) is 0 Å². The fraction of sp³-hybridized carbons (Fsp3) is 0.474. The summed E-state index contributed by atoms with van der Waals surface area (Å²) in [5.74, 6) is 0. The van der Waals surface area contributed by atoms with Gasteiger partial charge in [-0.3, -0.25) is 0 Å². The Morgan fingerprint density at radius 3 is 2.52 bits per heavy atom. The molecule has 0 aliphatic carbocycles. The van der Waals surface area contributed by atoms with Gasteiger partial charge in [0.05, 0.1) is 6.04 Å². The Balaban J connectivity index is 1.94. The van der Waals surface area contributed by atoms with Gasteiger partial charge in [0.25, 0.3) is 0 Å². The molecule has 1 aliphatic rings. The maximum atomic E-state index is 3.70. The van der Waals surface area contributed by atoms with Gasteiger partial charge < -0.3 is 5.32 Å². The van der Waals surface area contributed by atoms with Crippen LogP contribution in [0.15, 0.2) is 29.6 Å². The van der Waals surface area contributed by atoms with Crippen molar-refractivity contribution in [2.24, 2.45) is 0 Å². The summed E-state index contributed by atoms with van der Waals surface area (Å²) in [6, 6.07) is 9.57. The molecular formula is C19H25NS. The van der Waals surface area contributed by atoms with E-state index in [0.29, 0.717) is 6.04 Å². The molecule has 112 valence electrons. The Hall–Kier alpha value is -1.12. The smallest absolute Gasteiger partial charge is 0.0674 e. The lowest BCUT2D eigenvalue weighted by atomic mass is 9.85. The van der Waals surface area contributed by atoms with Crippen LogP contribution in [0.4, 0.5) is 0 Å². The molecule has 1 aromatic carbocycles. The standard InChI is InChI=1S/C19H25NS/c1-5-13-12-21-18-16(13)10-11-20-17(18)14-6-8-15(9-7-14)19(2,3)4/h6-9,12,17,20H,5,10-11H2,1-4H3. The topological polar surface area (TPSA) is 12.0 Å². The lowest BCUT2D eigenvalue weighted by molar-refractivity contribution is 0.571. The van der Waals surface area contributed by atoms with E-state index in [1.165, 1.54) is 22.4 Å². The van der Waals surface area contributed by atoms with Crippen LogP contribution in [0.3, 0.4) is 0 Å². The van der Waals surface area contributed by atoms with Crippen molar-refractivity contribution in [3.63, 3.8) is 0 Å². The number of benzene rings is 1. The van der Waals surface area contributed by atoms with E-state index >= 15 is 0 Å². The van der Waals surface area contributed by atoms with Gasteiger partial charge in [-0.1, -0.05) is 52.0 Å². The van der Waals surface area contributed by atoms with Gasteiger partial charge >= 0.3 is 0 Å². The van der Waals surface area contributed by atoms with Crippen molar-refractivity contribution in [2.45, 2.75) is 52.0 Å². The number of hydrogen-bond acceptors (Lipinski definition) is 2. The second kappa shape index (κ2) is 5.58. The zero-order valence-corrected chi connectivity index (χ0v) is 14.3. The highest BCUT2D eigenvalue weighted by molar-refractivity contribution is 7.10. The Labute approximate surface area is 132 Å². The second-order valence-electron chi connectivity index (χ2n) is 6.97. The molecule has 1 nitrogen and oxygen atoms in total. The van der Waals surface area contributed by atoms with Crippen molar-refractivity contribution in [2.75, 3.05) is 6.54 Å². The second-order valence-corrected chi connectivity index (χ2v) is 7.88. The molecule has 0 spiro atoms. The molecule has 2 heterocycles. The molecule has 0 amide bonds. The van der Waals surface area contributed by atoms with Gasteiger partial charge in [-0.2, -0.15) is 0 Å². The number of rotatable bonds is 2. The van der Waals surface area contributed by atoms with Gasteiger partial charge in [0.1, 0.15) is 0 Å². The Kier molecular flexibility index (Phi) is 3.94. The molecule has 0 bridgehead atoms. The van der Waals surface area contributed by atoms with Crippen LogP contribution in [0.5, 0.6) is 0 Å². The molecule has 21 heavy (non-hydrogen) atoms. The van der Waals surface area contributed by atoms with E-state index in [-0.39, 0.29) is 5.41 Å². The molecular weight excluding hydrogens is 274 g/mol. The first kappa shape index (κ1) is 14.8. The lowest BCUT2D eigenvalue weighted by Crippen LogP contribution is -2.29. The Bertz CT molecular complexity index is 616. The fourth-order valence-electron chi connectivity index (χ4n) is 3.14. The molecule has 0 fully saturated rings. The first-order valence-electron chi connectivity index (χ1n) is 7.93. The average Bonchev–Trinajstić information content (AvgIpc) is 2.89. The molecule has 1 N–H and O–H groups in total. The van der Waals surface area contributed by atoms with Crippen molar-refractivity contribution in [3.05, 3.63) is 56.8 Å². The molecule has 1 atom stereocenters. The van der Waals surface area contributed by atoms with Gasteiger partial charge in [-0.05, 0) is 45.9 Å². The minimum absolute atomic E-state index is 0.224. The minimum atomic E-state index is 0.224. The van der Waals surface area contributed by atoms with Crippen LogP contribution in [-0.2, 0) is 18.3 Å². The average molecular weight is 299 g/mol. The highest BCUT2D eigenvalue weighted by atomic mass is 32.1. The summed E-state index contributed by atoms with van der Waals surface area (Å²) in [7, 11) is 0. The van der Waals surface area contributed by atoms with Gasteiger partial charge in [0, 0.05) is 11.4 Å². The molecule has 0 saturated heterocycles. The highest BCUT2D eigenvalue weighted by Crippen LogP contribution is 2.36. The molecule has 0 saturated carbocycles. The third kappa shape index (κ3) is 2.79. The highest BCUT2D eigenvalue weighted by Gasteiger charge is 2.25. The summed E-state index contributed by atoms with van der Waals surface area (Å²) in [5, 5.41) is 6.05. The fourth-order valence-corrected chi connectivity index (χ4v) is 4.45. The maximum absolute atomic E-state index is 3.70. The summed E-state index contributed by atoms with van der Waals surface area (Å²) < 4.78 is 0. The maximum Gasteiger partial charge on any atom is 0.0674 e. The van der Waals surface area contributed by atoms with Gasteiger partial charge in [-0.15, -0.1) is 11.3 Å². The lowest BCUT2D eigenvalue weighted by Gasteiger charge is -2.26.